The van der Waals surface area contributed by atoms with Gasteiger partial charge in [-0.25, -0.2) is 4.98 Å². The van der Waals surface area contributed by atoms with E-state index in [1.165, 1.54) is 12.3 Å². The van der Waals surface area contributed by atoms with Gasteiger partial charge in [0.1, 0.15) is 11.2 Å². The van der Waals surface area contributed by atoms with Crippen molar-refractivity contribution in [2.75, 3.05) is 6.61 Å². The third-order valence-electron chi connectivity index (χ3n) is 1.67. The van der Waals surface area contributed by atoms with E-state index in [2.05, 4.69) is 4.98 Å². The highest BCUT2D eigenvalue weighted by molar-refractivity contribution is 6.30. The number of esters is 1. The Labute approximate surface area is 92.4 Å². The molecular weight excluding hydrogens is 216 g/mol. The molecule has 0 aliphatic heterocycles. The largest absolute Gasteiger partial charge is 0.466 e. The van der Waals surface area contributed by atoms with Crippen LogP contribution in [0.5, 0.6) is 0 Å². The van der Waals surface area contributed by atoms with E-state index < -0.39 is 0 Å². The van der Waals surface area contributed by atoms with Crippen LogP contribution >= 0.6 is 11.6 Å². The molecule has 0 aromatic carbocycles. The van der Waals surface area contributed by atoms with Gasteiger partial charge in [-0.1, -0.05) is 11.6 Å². The Morgan fingerprint density at radius 3 is 3.07 bits per heavy atom. The molecule has 0 bridgehead atoms. The van der Waals surface area contributed by atoms with Crippen molar-refractivity contribution < 1.29 is 9.53 Å². The van der Waals surface area contributed by atoms with Gasteiger partial charge in [0, 0.05) is 6.20 Å². The van der Waals surface area contributed by atoms with E-state index in [0.29, 0.717) is 12.2 Å². The Kier molecular flexibility index (Phi) is 4.07. The second kappa shape index (κ2) is 5.32. The summed E-state index contributed by atoms with van der Waals surface area (Å²) in [6, 6.07) is 3.43. The molecule has 4 nitrogen and oxygen atoms in total. The summed E-state index contributed by atoms with van der Waals surface area (Å²) in [7, 11) is 0. The number of hydrogen-bond donors (Lipinski definition) is 0. The first-order chi connectivity index (χ1) is 7.17. The van der Waals surface area contributed by atoms with E-state index in [0.717, 1.165) is 0 Å². The van der Waals surface area contributed by atoms with Crippen molar-refractivity contribution in [1.29, 1.82) is 5.26 Å². The maximum Gasteiger partial charge on any atom is 0.310 e. The third-order valence-corrected chi connectivity index (χ3v) is 1.97. The second-order valence-corrected chi connectivity index (χ2v) is 3.13. The van der Waals surface area contributed by atoms with Gasteiger partial charge in [0.25, 0.3) is 0 Å². The number of aromatic nitrogens is 1. The number of pyridine rings is 1. The Balaban J connectivity index is 2.80. The Bertz CT molecular complexity index is 412. The first-order valence-corrected chi connectivity index (χ1v) is 4.75. The van der Waals surface area contributed by atoms with E-state index >= 15 is 0 Å². The number of ether oxygens (including phenoxy) is 1. The summed E-state index contributed by atoms with van der Waals surface area (Å²) in [6.45, 7) is 2.07. The fraction of sp³-hybridized carbons (Fsp3) is 0.300. The highest BCUT2D eigenvalue weighted by atomic mass is 35.5. The SMILES string of the molecule is CCOC(=O)Cc1cnc(Cl)c(C#N)c1. The Morgan fingerprint density at radius 2 is 2.47 bits per heavy atom. The minimum atomic E-state index is -0.342. The molecule has 0 fully saturated rings. The van der Waals surface area contributed by atoms with Crippen LogP contribution in [0.4, 0.5) is 0 Å². The Morgan fingerprint density at radius 1 is 1.73 bits per heavy atom. The van der Waals surface area contributed by atoms with Gasteiger partial charge in [0.05, 0.1) is 18.6 Å². The van der Waals surface area contributed by atoms with E-state index in [-0.39, 0.29) is 23.1 Å². The van der Waals surface area contributed by atoms with Crippen LogP contribution in [-0.4, -0.2) is 17.6 Å². The number of carbonyl (C=O) groups is 1. The predicted molar refractivity (Wildman–Crippen MR) is 54.3 cm³/mol. The standard InChI is InChI=1S/C10H9ClN2O2/c1-2-15-9(14)4-7-3-8(5-12)10(11)13-6-7/h3,6H,2,4H2,1H3. The summed E-state index contributed by atoms with van der Waals surface area (Å²) in [4.78, 5) is 14.9. The molecule has 1 rings (SSSR count). The number of rotatable bonds is 3. The van der Waals surface area contributed by atoms with Gasteiger partial charge in [-0.15, -0.1) is 0 Å². The fourth-order valence-electron chi connectivity index (χ4n) is 1.05. The normalized spacial score (nSPS) is 9.40. The lowest BCUT2D eigenvalue weighted by Gasteiger charge is -2.02. The smallest absolute Gasteiger partial charge is 0.310 e. The zero-order valence-corrected chi connectivity index (χ0v) is 8.91. The van der Waals surface area contributed by atoms with Crippen LogP contribution in [-0.2, 0) is 16.0 Å². The van der Waals surface area contributed by atoms with Crippen LogP contribution in [0.25, 0.3) is 0 Å². The molecular formula is C10H9ClN2O2. The summed E-state index contributed by atoms with van der Waals surface area (Å²) >= 11 is 5.64. The summed E-state index contributed by atoms with van der Waals surface area (Å²) in [5, 5.41) is 8.83. The molecule has 0 amide bonds. The van der Waals surface area contributed by atoms with Gasteiger partial charge in [-0.3, -0.25) is 4.79 Å². The first kappa shape index (κ1) is 11.5. The maximum atomic E-state index is 11.1. The van der Waals surface area contributed by atoms with Crippen molar-refractivity contribution in [1.82, 2.24) is 4.98 Å². The van der Waals surface area contributed by atoms with Gasteiger partial charge in [-0.2, -0.15) is 5.26 Å². The molecule has 15 heavy (non-hydrogen) atoms. The molecule has 0 aliphatic rings. The number of hydrogen-bond acceptors (Lipinski definition) is 4. The molecule has 0 aliphatic carbocycles. The van der Waals surface area contributed by atoms with Crippen molar-refractivity contribution in [2.45, 2.75) is 13.3 Å². The quantitative estimate of drug-likeness (QED) is 0.579. The predicted octanol–water partition coefficient (Wildman–Crippen LogP) is 1.71. The van der Waals surface area contributed by atoms with E-state index in [1.54, 1.807) is 6.92 Å². The lowest BCUT2D eigenvalue weighted by atomic mass is 10.1. The van der Waals surface area contributed by atoms with Gasteiger partial charge < -0.3 is 4.74 Å². The third kappa shape index (κ3) is 3.22. The van der Waals surface area contributed by atoms with Crippen molar-refractivity contribution >= 4 is 17.6 Å². The van der Waals surface area contributed by atoms with E-state index in [9.17, 15) is 4.79 Å². The van der Waals surface area contributed by atoms with Crippen molar-refractivity contribution in [3.05, 3.63) is 28.5 Å². The second-order valence-electron chi connectivity index (χ2n) is 2.78. The molecule has 0 radical (unpaired) electrons. The fourth-order valence-corrected chi connectivity index (χ4v) is 1.19. The zero-order valence-electron chi connectivity index (χ0n) is 8.16. The molecule has 1 heterocycles. The average Bonchev–Trinajstić information content (AvgIpc) is 2.21. The summed E-state index contributed by atoms with van der Waals surface area (Å²) in [5.41, 5.74) is 0.882. The van der Waals surface area contributed by atoms with Gasteiger partial charge in [0.15, 0.2) is 0 Å². The number of carbonyl (C=O) groups excluding carboxylic acids is 1. The molecule has 0 unspecified atom stereocenters. The van der Waals surface area contributed by atoms with E-state index in [4.69, 9.17) is 21.6 Å². The summed E-state index contributed by atoms with van der Waals surface area (Å²) in [6.07, 6.45) is 1.56. The molecule has 5 heteroatoms. The van der Waals surface area contributed by atoms with Crippen LogP contribution < -0.4 is 0 Å². The number of nitrogens with zero attached hydrogens (tertiary/aromatic N) is 2. The molecule has 0 saturated heterocycles. The van der Waals surface area contributed by atoms with Crippen molar-refractivity contribution in [3.63, 3.8) is 0 Å². The van der Waals surface area contributed by atoms with Gasteiger partial charge in [0.2, 0.25) is 0 Å². The number of nitriles is 1. The van der Waals surface area contributed by atoms with Crippen LogP contribution in [0.2, 0.25) is 5.15 Å². The highest BCUT2D eigenvalue weighted by Gasteiger charge is 2.07. The molecule has 78 valence electrons. The van der Waals surface area contributed by atoms with Crippen LogP contribution in [0.1, 0.15) is 18.1 Å². The summed E-state index contributed by atoms with van der Waals surface area (Å²) in [5.74, 6) is -0.342. The molecule has 0 spiro atoms. The average molecular weight is 225 g/mol. The lowest BCUT2D eigenvalue weighted by molar-refractivity contribution is -0.142. The molecule has 1 aromatic heterocycles. The van der Waals surface area contributed by atoms with E-state index in [1.807, 2.05) is 6.07 Å². The zero-order chi connectivity index (χ0) is 11.3. The van der Waals surface area contributed by atoms with Crippen LogP contribution in [0.15, 0.2) is 12.3 Å². The highest BCUT2D eigenvalue weighted by Crippen LogP contribution is 2.13. The number of halogens is 1. The van der Waals surface area contributed by atoms with Crippen LogP contribution in [0, 0.1) is 11.3 Å². The van der Waals surface area contributed by atoms with Gasteiger partial charge >= 0.3 is 5.97 Å². The molecule has 0 atom stereocenters. The molecule has 1 aromatic rings. The lowest BCUT2D eigenvalue weighted by Crippen LogP contribution is -2.07. The minimum absolute atomic E-state index is 0.104. The molecule has 0 N–H and O–H groups in total. The summed E-state index contributed by atoms with van der Waals surface area (Å²) < 4.78 is 4.77. The van der Waals surface area contributed by atoms with Crippen molar-refractivity contribution in [2.24, 2.45) is 0 Å². The first-order valence-electron chi connectivity index (χ1n) is 4.37. The topological polar surface area (TPSA) is 63.0 Å². The van der Waals surface area contributed by atoms with Crippen molar-refractivity contribution in [3.8, 4) is 6.07 Å². The monoisotopic (exact) mass is 224 g/mol. The Hall–Kier alpha value is -1.60. The molecule has 0 saturated carbocycles. The minimum Gasteiger partial charge on any atom is -0.466 e. The van der Waals surface area contributed by atoms with Gasteiger partial charge in [-0.05, 0) is 18.6 Å². The maximum absolute atomic E-state index is 11.1. The van der Waals surface area contributed by atoms with Crippen LogP contribution in [0.3, 0.4) is 0 Å².